The molecule has 0 unspecified atom stereocenters. The van der Waals surface area contributed by atoms with Crippen molar-refractivity contribution >= 4 is 21.6 Å². The van der Waals surface area contributed by atoms with E-state index in [1.165, 1.54) is 6.07 Å². The molecule has 0 aliphatic carbocycles. The predicted molar refractivity (Wildman–Crippen MR) is 76.9 cm³/mol. The lowest BCUT2D eigenvalue weighted by Gasteiger charge is -2.24. The van der Waals surface area contributed by atoms with Crippen LogP contribution in [0.1, 0.15) is 25.8 Å². The first-order valence-electron chi connectivity index (χ1n) is 6.05. The van der Waals surface area contributed by atoms with Crippen molar-refractivity contribution in [2.45, 2.75) is 32.1 Å². The summed E-state index contributed by atoms with van der Waals surface area (Å²) in [6.45, 7) is 5.77. The molecule has 0 amide bonds. The molecule has 0 aromatic heterocycles. The first kappa shape index (κ1) is 16.4. The molecule has 0 spiro atoms. The molecule has 0 heterocycles. The zero-order valence-corrected chi connectivity index (χ0v) is 13.0. The van der Waals surface area contributed by atoms with E-state index >= 15 is 0 Å². The normalized spacial score (nSPS) is 12.7. The Balaban J connectivity index is 2.91. The van der Waals surface area contributed by atoms with Crippen molar-refractivity contribution in [3.8, 4) is 0 Å². The summed E-state index contributed by atoms with van der Waals surface area (Å²) in [4.78, 5) is 0.194. The fourth-order valence-corrected chi connectivity index (χ4v) is 3.38. The summed E-state index contributed by atoms with van der Waals surface area (Å²) in [5.74, 6) is 0. The van der Waals surface area contributed by atoms with Crippen LogP contribution >= 0.6 is 11.6 Å². The fraction of sp³-hybridized carbons (Fsp3) is 0.538. The van der Waals surface area contributed by atoms with Gasteiger partial charge in [0.2, 0.25) is 10.0 Å². The summed E-state index contributed by atoms with van der Waals surface area (Å²) in [7, 11) is -3.58. The van der Waals surface area contributed by atoms with E-state index in [0.717, 1.165) is 0 Å². The van der Waals surface area contributed by atoms with Gasteiger partial charge in [0, 0.05) is 18.2 Å². The van der Waals surface area contributed by atoms with Crippen molar-refractivity contribution in [2.75, 3.05) is 13.2 Å². The Kier molecular flexibility index (Phi) is 5.38. The highest BCUT2D eigenvalue weighted by molar-refractivity contribution is 7.89. The van der Waals surface area contributed by atoms with Gasteiger partial charge in [-0.25, -0.2) is 13.1 Å². The van der Waals surface area contributed by atoms with Crippen LogP contribution < -0.4 is 4.72 Å². The molecule has 0 bridgehead atoms. The second kappa shape index (κ2) is 6.22. The first-order valence-corrected chi connectivity index (χ1v) is 7.91. The molecular formula is C13H20ClNO3S. The van der Waals surface area contributed by atoms with E-state index in [2.05, 4.69) is 4.72 Å². The van der Waals surface area contributed by atoms with Crippen molar-refractivity contribution < 1.29 is 13.5 Å². The molecule has 0 saturated carbocycles. The molecule has 19 heavy (non-hydrogen) atoms. The Morgan fingerprint density at radius 3 is 2.58 bits per heavy atom. The number of nitrogens with one attached hydrogen (secondary N) is 1. The third-order valence-corrected chi connectivity index (χ3v) is 4.99. The highest BCUT2D eigenvalue weighted by Crippen LogP contribution is 2.24. The van der Waals surface area contributed by atoms with E-state index in [1.807, 2.05) is 13.8 Å². The highest BCUT2D eigenvalue weighted by Gasteiger charge is 2.23. The van der Waals surface area contributed by atoms with Gasteiger partial charge in [-0.05, 0) is 36.5 Å². The summed E-state index contributed by atoms with van der Waals surface area (Å²) in [6.07, 6.45) is 0.532. The van der Waals surface area contributed by atoms with E-state index in [9.17, 15) is 8.42 Å². The number of benzene rings is 1. The molecule has 0 radical (unpaired) electrons. The molecule has 6 heteroatoms. The van der Waals surface area contributed by atoms with Crippen LogP contribution in [0, 0.1) is 12.3 Å². The second-order valence-electron chi connectivity index (χ2n) is 5.33. The predicted octanol–water partition coefficient (Wildman–Crippen LogP) is 2.34. The summed E-state index contributed by atoms with van der Waals surface area (Å²) < 4.78 is 27.0. The summed E-state index contributed by atoms with van der Waals surface area (Å²) >= 11 is 5.93. The maximum Gasteiger partial charge on any atom is 0.240 e. The zero-order valence-electron chi connectivity index (χ0n) is 11.4. The fourth-order valence-electron chi connectivity index (χ4n) is 1.64. The van der Waals surface area contributed by atoms with Crippen molar-refractivity contribution in [1.29, 1.82) is 0 Å². The minimum absolute atomic E-state index is 0.0327. The summed E-state index contributed by atoms with van der Waals surface area (Å²) in [5, 5.41) is 9.36. The number of halogens is 1. The van der Waals surface area contributed by atoms with Crippen molar-refractivity contribution in [2.24, 2.45) is 5.41 Å². The first-order chi connectivity index (χ1) is 8.69. The summed E-state index contributed by atoms with van der Waals surface area (Å²) in [6, 6.07) is 4.80. The Morgan fingerprint density at radius 2 is 2.00 bits per heavy atom. The lowest BCUT2D eigenvalue weighted by molar-refractivity contribution is 0.213. The average Bonchev–Trinajstić information content (AvgIpc) is 2.30. The van der Waals surface area contributed by atoms with Crippen molar-refractivity contribution in [3.05, 3.63) is 28.8 Å². The van der Waals surface area contributed by atoms with E-state index < -0.39 is 10.0 Å². The quantitative estimate of drug-likeness (QED) is 0.847. The standard InChI is InChI=1S/C13H20ClNO3S/c1-10-11(14)5-4-6-12(10)19(17,18)15-9-13(2,3)7-8-16/h4-6,15-16H,7-9H2,1-3H3. The van der Waals surface area contributed by atoms with Gasteiger partial charge in [-0.15, -0.1) is 0 Å². The topological polar surface area (TPSA) is 66.4 Å². The van der Waals surface area contributed by atoms with Crippen molar-refractivity contribution in [3.63, 3.8) is 0 Å². The van der Waals surface area contributed by atoms with Crippen LogP contribution in [0.25, 0.3) is 0 Å². The lowest BCUT2D eigenvalue weighted by atomic mass is 9.90. The van der Waals surface area contributed by atoms with Crippen LogP contribution in [0.3, 0.4) is 0 Å². The second-order valence-corrected chi connectivity index (χ2v) is 7.47. The SMILES string of the molecule is Cc1c(Cl)cccc1S(=O)(=O)NCC(C)(C)CCO. The number of aliphatic hydroxyl groups is 1. The van der Waals surface area contributed by atoms with Gasteiger partial charge in [0.1, 0.15) is 0 Å². The minimum atomic E-state index is -3.58. The molecule has 0 atom stereocenters. The largest absolute Gasteiger partial charge is 0.396 e. The molecule has 0 aliphatic heterocycles. The number of rotatable bonds is 6. The van der Waals surface area contributed by atoms with E-state index in [4.69, 9.17) is 16.7 Å². The van der Waals surface area contributed by atoms with E-state index in [1.54, 1.807) is 19.1 Å². The monoisotopic (exact) mass is 305 g/mol. The molecule has 1 rings (SSSR count). The van der Waals surface area contributed by atoms with Gasteiger partial charge < -0.3 is 5.11 Å². The molecule has 0 fully saturated rings. The van der Waals surface area contributed by atoms with Crippen LogP contribution in [0.2, 0.25) is 5.02 Å². The molecule has 1 aromatic carbocycles. The van der Waals surface area contributed by atoms with Gasteiger partial charge in [0.25, 0.3) is 0 Å². The smallest absolute Gasteiger partial charge is 0.240 e. The third-order valence-electron chi connectivity index (χ3n) is 3.04. The van der Waals surface area contributed by atoms with E-state index in [0.29, 0.717) is 17.0 Å². The number of sulfonamides is 1. The van der Waals surface area contributed by atoms with Gasteiger partial charge in [0.05, 0.1) is 4.90 Å². The Hall–Kier alpha value is -0.620. The maximum atomic E-state index is 12.2. The third kappa shape index (κ3) is 4.45. The molecule has 0 saturated heterocycles. The molecule has 1 aromatic rings. The zero-order chi connectivity index (χ0) is 14.7. The van der Waals surface area contributed by atoms with Crippen LogP contribution in [0.5, 0.6) is 0 Å². The molecule has 0 aliphatic rings. The number of aliphatic hydroxyl groups excluding tert-OH is 1. The van der Waals surface area contributed by atoms with Crippen LogP contribution in [-0.4, -0.2) is 26.7 Å². The van der Waals surface area contributed by atoms with Gasteiger partial charge >= 0.3 is 0 Å². The van der Waals surface area contributed by atoms with Gasteiger partial charge in [-0.3, -0.25) is 0 Å². The lowest BCUT2D eigenvalue weighted by Crippen LogP contribution is -2.34. The van der Waals surface area contributed by atoms with E-state index in [-0.39, 0.29) is 23.5 Å². The molecule has 4 nitrogen and oxygen atoms in total. The molecule has 108 valence electrons. The maximum absolute atomic E-state index is 12.2. The van der Waals surface area contributed by atoms with Gasteiger partial charge in [-0.1, -0.05) is 31.5 Å². The number of hydrogen-bond donors (Lipinski definition) is 2. The average molecular weight is 306 g/mol. The minimum Gasteiger partial charge on any atom is -0.396 e. The Labute approximate surface area is 119 Å². The molecular weight excluding hydrogens is 286 g/mol. The van der Waals surface area contributed by atoms with Crippen LogP contribution in [0.15, 0.2) is 23.1 Å². The Bertz CT molecular complexity index is 541. The van der Waals surface area contributed by atoms with Gasteiger partial charge in [0.15, 0.2) is 0 Å². The van der Waals surface area contributed by atoms with Crippen molar-refractivity contribution in [1.82, 2.24) is 4.72 Å². The number of hydrogen-bond acceptors (Lipinski definition) is 3. The highest BCUT2D eigenvalue weighted by atomic mass is 35.5. The Morgan fingerprint density at radius 1 is 1.37 bits per heavy atom. The van der Waals surface area contributed by atoms with Gasteiger partial charge in [-0.2, -0.15) is 0 Å². The van der Waals surface area contributed by atoms with Crippen LogP contribution in [0.4, 0.5) is 0 Å². The molecule has 2 N–H and O–H groups in total. The summed E-state index contributed by atoms with van der Waals surface area (Å²) in [5.41, 5.74) is 0.241. The van der Waals surface area contributed by atoms with Crippen LogP contribution in [-0.2, 0) is 10.0 Å².